The van der Waals surface area contributed by atoms with E-state index < -0.39 is 6.29 Å². The molecule has 2 heteroatoms. The number of rotatable bonds is 13. The Morgan fingerprint density at radius 2 is 1.20 bits per heavy atom. The maximum atomic E-state index is 8.68. The Morgan fingerprint density at radius 1 is 0.700 bits per heavy atom. The molecule has 0 aliphatic carbocycles. The van der Waals surface area contributed by atoms with Gasteiger partial charge in [-0.05, 0) is 51.4 Å². The van der Waals surface area contributed by atoms with Crippen LogP contribution in [0.1, 0.15) is 71.1 Å². The molecule has 0 fully saturated rings. The lowest BCUT2D eigenvalue weighted by molar-refractivity contribution is -0.0464. The summed E-state index contributed by atoms with van der Waals surface area (Å²) in [6, 6.07) is 0. The lowest BCUT2D eigenvalue weighted by Crippen LogP contribution is -2.02. The van der Waals surface area contributed by atoms with Gasteiger partial charge in [0.15, 0.2) is 6.29 Å². The third kappa shape index (κ3) is 17.1. The van der Waals surface area contributed by atoms with Crippen LogP contribution in [-0.4, -0.2) is 16.5 Å². The van der Waals surface area contributed by atoms with Crippen LogP contribution in [0.4, 0.5) is 0 Å². The van der Waals surface area contributed by atoms with Crippen molar-refractivity contribution >= 4 is 0 Å². The van der Waals surface area contributed by atoms with Gasteiger partial charge in [-0.2, -0.15) is 0 Å². The molecule has 116 valence electrons. The molecule has 0 bridgehead atoms. The highest BCUT2D eigenvalue weighted by Crippen LogP contribution is 2.03. The quantitative estimate of drug-likeness (QED) is 0.286. The van der Waals surface area contributed by atoms with E-state index in [-0.39, 0.29) is 0 Å². The zero-order chi connectivity index (χ0) is 14.9. The van der Waals surface area contributed by atoms with Crippen LogP contribution in [0, 0.1) is 0 Å². The highest BCUT2D eigenvalue weighted by molar-refractivity contribution is 4.97. The standard InChI is InChI=1S/C18H32O2/c1-2-3-4-5-6-7-8-9-10-11-12-13-14-15-16-17-18(19)20/h6-7,9-10,12-13,18-20H,2-5,8,11,14-17H2,1H3. The second-order valence-corrected chi connectivity index (χ2v) is 5.15. The first kappa shape index (κ1) is 19.1. The maximum absolute atomic E-state index is 8.68. The van der Waals surface area contributed by atoms with E-state index in [9.17, 15) is 0 Å². The molecule has 2 nitrogen and oxygen atoms in total. The molecule has 2 N–H and O–H groups in total. The Morgan fingerprint density at radius 3 is 1.70 bits per heavy atom. The Hall–Kier alpha value is -0.860. The van der Waals surface area contributed by atoms with Crippen LogP contribution in [0.5, 0.6) is 0 Å². The van der Waals surface area contributed by atoms with Crippen molar-refractivity contribution in [3.8, 4) is 0 Å². The summed E-state index contributed by atoms with van der Waals surface area (Å²) in [6.07, 6.45) is 22.7. The van der Waals surface area contributed by atoms with E-state index in [1.165, 1.54) is 25.7 Å². The van der Waals surface area contributed by atoms with Crippen LogP contribution >= 0.6 is 0 Å². The molecule has 0 aliphatic heterocycles. The lowest BCUT2D eigenvalue weighted by Gasteiger charge is -2.00. The summed E-state index contributed by atoms with van der Waals surface area (Å²) < 4.78 is 0. The SMILES string of the molecule is CCCCCC=CCC=CCC=CCCCCC(O)O. The van der Waals surface area contributed by atoms with E-state index in [4.69, 9.17) is 10.2 Å². The van der Waals surface area contributed by atoms with Gasteiger partial charge in [0.25, 0.3) is 0 Å². The topological polar surface area (TPSA) is 40.5 Å². The third-order valence-corrected chi connectivity index (χ3v) is 3.10. The molecule has 0 amide bonds. The van der Waals surface area contributed by atoms with Crippen molar-refractivity contribution < 1.29 is 10.2 Å². The first-order chi connectivity index (χ1) is 9.77. The van der Waals surface area contributed by atoms with Crippen molar-refractivity contribution in [1.29, 1.82) is 0 Å². The number of unbranched alkanes of at least 4 members (excludes halogenated alkanes) is 5. The fourth-order valence-corrected chi connectivity index (χ4v) is 1.88. The minimum Gasteiger partial charge on any atom is -0.368 e. The molecule has 0 spiro atoms. The predicted molar refractivity (Wildman–Crippen MR) is 87.5 cm³/mol. The molecule has 0 unspecified atom stereocenters. The molecule has 0 radical (unpaired) electrons. The number of hydrogen-bond acceptors (Lipinski definition) is 2. The minimum atomic E-state index is -1.14. The molecule has 0 saturated heterocycles. The molecular formula is C18H32O2. The summed E-state index contributed by atoms with van der Waals surface area (Å²) in [7, 11) is 0. The van der Waals surface area contributed by atoms with Crippen LogP contribution in [0.25, 0.3) is 0 Å². The molecule has 0 aromatic heterocycles. The van der Waals surface area contributed by atoms with Gasteiger partial charge in [0.05, 0.1) is 0 Å². The van der Waals surface area contributed by atoms with Crippen molar-refractivity contribution in [1.82, 2.24) is 0 Å². The second-order valence-electron chi connectivity index (χ2n) is 5.15. The number of aliphatic hydroxyl groups excluding tert-OH is 1. The summed E-state index contributed by atoms with van der Waals surface area (Å²) in [5.74, 6) is 0. The van der Waals surface area contributed by atoms with Gasteiger partial charge in [-0.25, -0.2) is 0 Å². The zero-order valence-electron chi connectivity index (χ0n) is 13.0. The number of aliphatic hydroxyl groups is 2. The van der Waals surface area contributed by atoms with Crippen molar-refractivity contribution in [2.75, 3.05) is 0 Å². The van der Waals surface area contributed by atoms with Crippen LogP contribution in [-0.2, 0) is 0 Å². The Labute approximate surface area is 124 Å². The molecule has 0 aliphatic rings. The summed E-state index contributed by atoms with van der Waals surface area (Å²) in [4.78, 5) is 0. The molecule has 0 saturated carbocycles. The smallest absolute Gasteiger partial charge is 0.151 e. The number of allylic oxidation sites excluding steroid dienone is 6. The van der Waals surface area contributed by atoms with Gasteiger partial charge in [-0.1, -0.05) is 56.2 Å². The number of hydrogen-bond donors (Lipinski definition) is 2. The van der Waals surface area contributed by atoms with Gasteiger partial charge in [0.2, 0.25) is 0 Å². The molecular weight excluding hydrogens is 248 g/mol. The van der Waals surface area contributed by atoms with Crippen molar-refractivity contribution in [2.24, 2.45) is 0 Å². The summed E-state index contributed by atoms with van der Waals surface area (Å²) in [5, 5.41) is 17.4. The average Bonchev–Trinajstić information content (AvgIpc) is 2.43. The van der Waals surface area contributed by atoms with Crippen molar-refractivity contribution in [3.05, 3.63) is 36.5 Å². The lowest BCUT2D eigenvalue weighted by atomic mass is 10.1. The van der Waals surface area contributed by atoms with Crippen LogP contribution in [0.3, 0.4) is 0 Å². The molecule has 0 aromatic rings. The fraction of sp³-hybridized carbons (Fsp3) is 0.667. The third-order valence-electron chi connectivity index (χ3n) is 3.10. The first-order valence-corrected chi connectivity index (χ1v) is 8.08. The van der Waals surface area contributed by atoms with Gasteiger partial charge >= 0.3 is 0 Å². The van der Waals surface area contributed by atoms with Crippen molar-refractivity contribution in [3.63, 3.8) is 0 Å². The molecule has 0 aromatic carbocycles. The molecule has 0 heterocycles. The normalized spacial score (nSPS) is 12.6. The highest BCUT2D eigenvalue weighted by Gasteiger charge is 1.94. The predicted octanol–water partition coefficient (Wildman–Crippen LogP) is 4.89. The largest absolute Gasteiger partial charge is 0.368 e. The summed E-state index contributed by atoms with van der Waals surface area (Å²) >= 11 is 0. The fourth-order valence-electron chi connectivity index (χ4n) is 1.88. The summed E-state index contributed by atoms with van der Waals surface area (Å²) in [6.45, 7) is 2.23. The van der Waals surface area contributed by atoms with Crippen LogP contribution in [0.15, 0.2) is 36.5 Å². The zero-order valence-corrected chi connectivity index (χ0v) is 13.0. The molecule has 0 atom stereocenters. The van der Waals surface area contributed by atoms with Gasteiger partial charge in [-0.3, -0.25) is 0 Å². The van der Waals surface area contributed by atoms with Gasteiger partial charge in [0, 0.05) is 0 Å². The van der Waals surface area contributed by atoms with Crippen LogP contribution in [0.2, 0.25) is 0 Å². The molecule has 20 heavy (non-hydrogen) atoms. The van der Waals surface area contributed by atoms with Gasteiger partial charge in [-0.15, -0.1) is 0 Å². The van der Waals surface area contributed by atoms with Gasteiger partial charge in [0.1, 0.15) is 0 Å². The second kappa shape index (κ2) is 16.2. The van der Waals surface area contributed by atoms with E-state index in [0.717, 1.165) is 32.1 Å². The Kier molecular flexibility index (Phi) is 15.5. The Bertz CT molecular complexity index is 265. The first-order valence-electron chi connectivity index (χ1n) is 8.08. The van der Waals surface area contributed by atoms with Crippen molar-refractivity contribution in [2.45, 2.75) is 77.4 Å². The maximum Gasteiger partial charge on any atom is 0.151 e. The monoisotopic (exact) mass is 280 g/mol. The van der Waals surface area contributed by atoms with E-state index in [1.54, 1.807) is 0 Å². The van der Waals surface area contributed by atoms with E-state index in [1.807, 2.05) is 0 Å². The summed E-state index contributed by atoms with van der Waals surface area (Å²) in [5.41, 5.74) is 0. The van der Waals surface area contributed by atoms with E-state index >= 15 is 0 Å². The van der Waals surface area contributed by atoms with E-state index in [0.29, 0.717) is 6.42 Å². The Balaban J connectivity index is 3.30. The minimum absolute atomic E-state index is 0.484. The van der Waals surface area contributed by atoms with E-state index in [2.05, 4.69) is 43.4 Å². The molecule has 0 rings (SSSR count). The highest BCUT2D eigenvalue weighted by atomic mass is 16.5. The van der Waals surface area contributed by atoms with Gasteiger partial charge < -0.3 is 10.2 Å². The van der Waals surface area contributed by atoms with Crippen LogP contribution < -0.4 is 0 Å². The average molecular weight is 280 g/mol.